The third-order valence-electron chi connectivity index (χ3n) is 3.74. The van der Waals surface area contributed by atoms with Crippen LogP contribution in [0.4, 0.5) is 0 Å². The number of carbonyl (C=O) groups excluding carboxylic acids is 1. The molecule has 1 aromatic heterocycles. The van der Waals surface area contributed by atoms with Crippen LogP contribution in [-0.2, 0) is 16.0 Å². The smallest absolute Gasteiger partial charge is 0.305 e. The monoisotopic (exact) mass is 319 g/mol. The molecule has 0 aliphatic heterocycles. The van der Waals surface area contributed by atoms with Crippen LogP contribution in [0.15, 0.2) is 24.4 Å². The summed E-state index contributed by atoms with van der Waals surface area (Å²) in [6, 6.07) is 6.19. The van der Waals surface area contributed by atoms with E-state index in [9.17, 15) is 4.79 Å². The molecular weight excluding hydrogens is 294 g/mol. The zero-order chi connectivity index (χ0) is 16.3. The first kappa shape index (κ1) is 16.6. The molecule has 0 saturated carbocycles. The first-order valence-corrected chi connectivity index (χ1v) is 11.2. The summed E-state index contributed by atoms with van der Waals surface area (Å²) in [4.78, 5) is 11.3. The molecule has 0 spiro atoms. The van der Waals surface area contributed by atoms with Gasteiger partial charge in [-0.3, -0.25) is 4.79 Å². The molecule has 0 saturated heterocycles. The second-order valence-corrected chi connectivity index (χ2v) is 11.2. The van der Waals surface area contributed by atoms with E-state index in [0.717, 1.165) is 12.2 Å². The molecule has 120 valence electrons. The molecule has 4 nitrogen and oxygen atoms in total. The molecule has 1 heterocycles. The lowest BCUT2D eigenvalue weighted by Gasteiger charge is -2.20. The second-order valence-electron chi connectivity index (χ2n) is 6.40. The average Bonchev–Trinajstić information content (AvgIpc) is 2.85. The van der Waals surface area contributed by atoms with Gasteiger partial charge < -0.3 is 13.7 Å². The number of nitrogens with zero attached hydrogens (tertiary/aromatic N) is 1. The highest BCUT2D eigenvalue weighted by Gasteiger charge is 2.21. The van der Waals surface area contributed by atoms with Crippen LogP contribution in [0, 0.1) is 0 Å². The maximum absolute atomic E-state index is 11.3. The van der Waals surface area contributed by atoms with Gasteiger partial charge >= 0.3 is 5.97 Å². The van der Waals surface area contributed by atoms with Crippen LogP contribution in [0.25, 0.3) is 10.9 Å². The summed E-state index contributed by atoms with van der Waals surface area (Å²) in [5.41, 5.74) is 2.44. The van der Waals surface area contributed by atoms with Crippen molar-refractivity contribution in [2.75, 3.05) is 13.7 Å². The Morgan fingerprint density at radius 3 is 2.59 bits per heavy atom. The van der Waals surface area contributed by atoms with Crippen LogP contribution < -0.4 is 4.74 Å². The van der Waals surface area contributed by atoms with Gasteiger partial charge in [0, 0.05) is 23.7 Å². The summed E-state index contributed by atoms with van der Waals surface area (Å²) < 4.78 is 13.0. The van der Waals surface area contributed by atoms with Crippen molar-refractivity contribution >= 4 is 25.1 Å². The summed E-state index contributed by atoms with van der Waals surface area (Å²) in [7, 11) is 0.176. The SMILES string of the molecule is CCC(=O)OCCc1cn([Si](C)(C)C)c2ccc(OC)cc12. The Morgan fingerprint density at radius 2 is 2.00 bits per heavy atom. The summed E-state index contributed by atoms with van der Waals surface area (Å²) in [6.07, 6.45) is 3.37. The van der Waals surface area contributed by atoms with E-state index >= 15 is 0 Å². The molecule has 0 amide bonds. The highest BCUT2D eigenvalue weighted by molar-refractivity contribution is 6.75. The summed E-state index contributed by atoms with van der Waals surface area (Å²) in [6.45, 7) is 9.19. The predicted octanol–water partition coefficient (Wildman–Crippen LogP) is 3.83. The van der Waals surface area contributed by atoms with Crippen LogP contribution in [-0.4, -0.2) is 32.2 Å². The zero-order valence-corrected chi connectivity index (χ0v) is 15.1. The van der Waals surface area contributed by atoms with E-state index in [0.29, 0.717) is 13.0 Å². The first-order valence-electron chi connectivity index (χ1n) is 7.71. The Balaban J connectivity index is 2.37. The molecule has 2 rings (SSSR count). The third kappa shape index (κ3) is 3.52. The molecule has 0 aliphatic carbocycles. The topological polar surface area (TPSA) is 40.5 Å². The second kappa shape index (κ2) is 6.56. The fraction of sp³-hybridized carbons (Fsp3) is 0.471. The molecule has 0 fully saturated rings. The van der Waals surface area contributed by atoms with Crippen molar-refractivity contribution < 1.29 is 14.3 Å². The number of carbonyl (C=O) groups is 1. The van der Waals surface area contributed by atoms with Gasteiger partial charge in [-0.25, -0.2) is 0 Å². The zero-order valence-electron chi connectivity index (χ0n) is 14.1. The maximum atomic E-state index is 11.3. The van der Waals surface area contributed by atoms with E-state index in [4.69, 9.17) is 9.47 Å². The lowest BCUT2D eigenvalue weighted by Crippen LogP contribution is -2.31. The Labute approximate surface area is 133 Å². The molecule has 0 N–H and O–H groups in total. The number of hydrogen-bond acceptors (Lipinski definition) is 3. The van der Waals surface area contributed by atoms with Crippen molar-refractivity contribution in [1.29, 1.82) is 0 Å². The minimum atomic E-state index is -1.50. The van der Waals surface area contributed by atoms with E-state index in [-0.39, 0.29) is 5.97 Å². The van der Waals surface area contributed by atoms with Gasteiger partial charge in [0.1, 0.15) is 5.75 Å². The fourth-order valence-electron chi connectivity index (χ4n) is 2.54. The van der Waals surface area contributed by atoms with Crippen molar-refractivity contribution in [3.8, 4) is 5.75 Å². The molecule has 0 atom stereocenters. The van der Waals surface area contributed by atoms with Gasteiger partial charge in [0.15, 0.2) is 8.24 Å². The van der Waals surface area contributed by atoms with E-state index in [2.05, 4.69) is 42.2 Å². The van der Waals surface area contributed by atoms with Gasteiger partial charge in [-0.05, 0) is 30.0 Å². The van der Waals surface area contributed by atoms with Crippen LogP contribution in [0.5, 0.6) is 5.75 Å². The maximum Gasteiger partial charge on any atom is 0.305 e. The van der Waals surface area contributed by atoms with Crippen molar-refractivity contribution in [2.24, 2.45) is 0 Å². The number of rotatable bonds is 6. The number of hydrogen-bond donors (Lipinski definition) is 0. The van der Waals surface area contributed by atoms with Crippen LogP contribution in [0.2, 0.25) is 19.6 Å². The highest BCUT2D eigenvalue weighted by Crippen LogP contribution is 2.28. The van der Waals surface area contributed by atoms with Crippen molar-refractivity contribution in [3.63, 3.8) is 0 Å². The van der Waals surface area contributed by atoms with Gasteiger partial charge in [0.05, 0.1) is 13.7 Å². The Hall–Kier alpha value is -1.75. The summed E-state index contributed by atoms with van der Waals surface area (Å²) in [5, 5.41) is 1.19. The lowest BCUT2D eigenvalue weighted by molar-refractivity contribution is -0.143. The predicted molar refractivity (Wildman–Crippen MR) is 92.2 cm³/mol. The number of ether oxygens (including phenoxy) is 2. The van der Waals surface area contributed by atoms with Gasteiger partial charge in [-0.1, -0.05) is 26.6 Å². The molecule has 0 aliphatic rings. The standard InChI is InChI=1S/C17H25NO3Si/c1-6-17(19)21-10-9-13-12-18(22(3,4)5)16-8-7-14(20-2)11-15(13)16/h7-8,11-12H,6,9-10H2,1-5H3. The molecule has 1 aromatic carbocycles. The molecule has 0 unspecified atom stereocenters. The van der Waals surface area contributed by atoms with E-state index < -0.39 is 8.24 Å². The fourth-order valence-corrected chi connectivity index (χ4v) is 4.00. The Bertz CT molecular complexity index is 670. The van der Waals surface area contributed by atoms with E-state index in [1.165, 1.54) is 16.5 Å². The van der Waals surface area contributed by atoms with Gasteiger partial charge in [-0.15, -0.1) is 0 Å². The van der Waals surface area contributed by atoms with Gasteiger partial charge in [-0.2, -0.15) is 0 Å². The molecule has 2 aromatic rings. The molecule has 0 radical (unpaired) electrons. The number of benzene rings is 1. The number of aromatic nitrogens is 1. The number of fused-ring (bicyclic) bond motifs is 1. The largest absolute Gasteiger partial charge is 0.497 e. The van der Waals surface area contributed by atoms with Crippen molar-refractivity contribution in [1.82, 2.24) is 4.23 Å². The molecular formula is C17H25NO3Si. The lowest BCUT2D eigenvalue weighted by atomic mass is 10.1. The van der Waals surface area contributed by atoms with Crippen LogP contribution in [0.3, 0.4) is 0 Å². The molecule has 0 bridgehead atoms. The van der Waals surface area contributed by atoms with Crippen LogP contribution >= 0.6 is 0 Å². The first-order chi connectivity index (χ1) is 10.4. The van der Waals surface area contributed by atoms with E-state index in [1.807, 2.05) is 13.0 Å². The third-order valence-corrected chi connectivity index (χ3v) is 5.56. The van der Waals surface area contributed by atoms with Crippen molar-refractivity contribution in [2.45, 2.75) is 39.4 Å². The van der Waals surface area contributed by atoms with E-state index in [1.54, 1.807) is 7.11 Å². The summed E-state index contributed by atoms with van der Waals surface area (Å²) in [5.74, 6) is 0.708. The average molecular weight is 319 g/mol. The Kier molecular flexibility index (Phi) is 4.96. The minimum Gasteiger partial charge on any atom is -0.497 e. The summed E-state index contributed by atoms with van der Waals surface area (Å²) >= 11 is 0. The molecule has 22 heavy (non-hydrogen) atoms. The minimum absolute atomic E-state index is 0.147. The van der Waals surface area contributed by atoms with Crippen LogP contribution in [0.1, 0.15) is 18.9 Å². The Morgan fingerprint density at radius 1 is 1.27 bits per heavy atom. The van der Waals surface area contributed by atoms with Gasteiger partial charge in [0.25, 0.3) is 0 Å². The highest BCUT2D eigenvalue weighted by atomic mass is 28.3. The molecule has 5 heteroatoms. The number of methoxy groups -OCH3 is 1. The quantitative estimate of drug-likeness (QED) is 0.600. The van der Waals surface area contributed by atoms with Crippen molar-refractivity contribution in [3.05, 3.63) is 30.0 Å². The number of esters is 1. The van der Waals surface area contributed by atoms with Gasteiger partial charge in [0.2, 0.25) is 0 Å². The normalized spacial score (nSPS) is 11.7.